The van der Waals surface area contributed by atoms with Crippen LogP contribution in [-0.2, 0) is 9.53 Å². The minimum Gasteiger partial charge on any atom is -0.491 e. The molecule has 2 aromatic carbocycles. The number of anilines is 2. The normalized spacial score (nSPS) is 10.2. The van der Waals surface area contributed by atoms with Gasteiger partial charge in [-0.2, -0.15) is 0 Å². The predicted octanol–water partition coefficient (Wildman–Crippen LogP) is 3.81. The van der Waals surface area contributed by atoms with Crippen molar-refractivity contribution < 1.29 is 14.3 Å². The van der Waals surface area contributed by atoms with Gasteiger partial charge in [0.25, 0.3) is 0 Å². The average molecular weight is 349 g/mol. The summed E-state index contributed by atoms with van der Waals surface area (Å²) in [6.45, 7) is 3.88. The van der Waals surface area contributed by atoms with Crippen molar-refractivity contribution in [2.75, 3.05) is 37.0 Å². The zero-order valence-electron chi connectivity index (χ0n) is 13.5. The second-order valence-corrected chi connectivity index (χ2v) is 5.42. The molecule has 0 aromatic heterocycles. The van der Waals surface area contributed by atoms with E-state index in [0.29, 0.717) is 30.5 Å². The number of benzene rings is 2. The number of carbonyl (C=O) groups excluding carboxylic acids is 1. The number of nitrogens with one attached hydrogen (secondary N) is 2. The highest BCUT2D eigenvalue weighted by molar-refractivity contribution is 6.30. The van der Waals surface area contributed by atoms with E-state index in [1.807, 2.05) is 31.2 Å². The van der Waals surface area contributed by atoms with Gasteiger partial charge in [0.2, 0.25) is 5.91 Å². The lowest BCUT2D eigenvalue weighted by molar-refractivity contribution is -0.114. The standard InChI is InChI=1S/C18H21ClN2O3/c1-2-23-10-11-24-17-8-6-15(7-9-17)20-13-18(22)21-16-5-3-4-14(19)12-16/h3-9,12,20H,2,10-11,13H2,1H3,(H,21,22). The van der Waals surface area contributed by atoms with E-state index in [1.54, 1.807) is 24.3 Å². The summed E-state index contributed by atoms with van der Waals surface area (Å²) in [5.41, 5.74) is 1.51. The van der Waals surface area contributed by atoms with Crippen LogP contribution in [0.4, 0.5) is 11.4 Å². The first-order valence-corrected chi connectivity index (χ1v) is 8.15. The van der Waals surface area contributed by atoms with Gasteiger partial charge in [0.1, 0.15) is 12.4 Å². The molecule has 0 fully saturated rings. The highest BCUT2D eigenvalue weighted by Crippen LogP contribution is 2.16. The molecule has 0 aliphatic rings. The molecular weight excluding hydrogens is 328 g/mol. The van der Waals surface area contributed by atoms with Gasteiger partial charge in [-0.3, -0.25) is 4.79 Å². The summed E-state index contributed by atoms with van der Waals surface area (Å²) < 4.78 is 10.7. The maximum atomic E-state index is 11.9. The molecule has 0 aliphatic heterocycles. The topological polar surface area (TPSA) is 59.6 Å². The molecule has 0 radical (unpaired) electrons. The van der Waals surface area contributed by atoms with Crippen LogP contribution < -0.4 is 15.4 Å². The Bertz CT molecular complexity index is 647. The first-order valence-electron chi connectivity index (χ1n) is 7.77. The van der Waals surface area contributed by atoms with Crippen molar-refractivity contribution in [3.63, 3.8) is 0 Å². The third-order valence-corrected chi connectivity index (χ3v) is 3.35. The lowest BCUT2D eigenvalue weighted by atomic mass is 10.3. The molecule has 0 saturated carbocycles. The van der Waals surface area contributed by atoms with E-state index in [2.05, 4.69) is 10.6 Å². The molecule has 0 unspecified atom stereocenters. The fourth-order valence-corrected chi connectivity index (χ4v) is 2.18. The minimum absolute atomic E-state index is 0.144. The molecule has 0 aliphatic carbocycles. The van der Waals surface area contributed by atoms with Crippen molar-refractivity contribution in [3.8, 4) is 5.75 Å². The smallest absolute Gasteiger partial charge is 0.243 e. The monoisotopic (exact) mass is 348 g/mol. The highest BCUT2D eigenvalue weighted by atomic mass is 35.5. The SMILES string of the molecule is CCOCCOc1ccc(NCC(=O)Nc2cccc(Cl)c2)cc1. The van der Waals surface area contributed by atoms with Gasteiger partial charge in [-0.1, -0.05) is 17.7 Å². The molecule has 1 amide bonds. The van der Waals surface area contributed by atoms with Crippen LogP contribution in [0.5, 0.6) is 5.75 Å². The molecular formula is C18H21ClN2O3. The van der Waals surface area contributed by atoms with Crippen molar-refractivity contribution in [1.82, 2.24) is 0 Å². The van der Waals surface area contributed by atoms with E-state index < -0.39 is 0 Å². The molecule has 2 rings (SSSR count). The number of ether oxygens (including phenoxy) is 2. The van der Waals surface area contributed by atoms with Gasteiger partial charge in [0.15, 0.2) is 0 Å². The zero-order chi connectivity index (χ0) is 17.2. The van der Waals surface area contributed by atoms with Gasteiger partial charge in [0.05, 0.1) is 13.2 Å². The fraction of sp³-hybridized carbons (Fsp3) is 0.278. The van der Waals surface area contributed by atoms with Gasteiger partial charge in [0, 0.05) is 23.0 Å². The molecule has 0 heterocycles. The summed E-state index contributed by atoms with van der Waals surface area (Å²) in [6.07, 6.45) is 0. The average Bonchev–Trinajstić information content (AvgIpc) is 2.58. The van der Waals surface area contributed by atoms with Gasteiger partial charge < -0.3 is 20.1 Å². The van der Waals surface area contributed by atoms with Crippen LogP contribution in [0.1, 0.15) is 6.92 Å². The Kier molecular flexibility index (Phi) is 7.39. The molecule has 24 heavy (non-hydrogen) atoms. The lowest BCUT2D eigenvalue weighted by Crippen LogP contribution is -2.21. The summed E-state index contributed by atoms with van der Waals surface area (Å²) in [7, 11) is 0. The van der Waals surface area contributed by atoms with Crippen LogP contribution in [0.3, 0.4) is 0 Å². The van der Waals surface area contributed by atoms with Gasteiger partial charge in [-0.15, -0.1) is 0 Å². The summed E-state index contributed by atoms with van der Waals surface area (Å²) in [5, 5.41) is 6.42. The predicted molar refractivity (Wildman–Crippen MR) is 97.0 cm³/mol. The highest BCUT2D eigenvalue weighted by Gasteiger charge is 2.03. The number of hydrogen-bond donors (Lipinski definition) is 2. The van der Waals surface area contributed by atoms with Crippen molar-refractivity contribution in [2.24, 2.45) is 0 Å². The largest absolute Gasteiger partial charge is 0.491 e. The Hall–Kier alpha value is -2.24. The van der Waals surface area contributed by atoms with Crippen LogP contribution >= 0.6 is 11.6 Å². The van der Waals surface area contributed by atoms with Crippen LogP contribution in [0.2, 0.25) is 5.02 Å². The Balaban J connectivity index is 1.74. The number of hydrogen-bond acceptors (Lipinski definition) is 4. The zero-order valence-corrected chi connectivity index (χ0v) is 14.3. The van der Waals surface area contributed by atoms with E-state index in [9.17, 15) is 4.79 Å². The Labute approximate surface area is 146 Å². The summed E-state index contributed by atoms with van der Waals surface area (Å²) in [4.78, 5) is 11.9. The second kappa shape index (κ2) is 9.80. The first-order chi connectivity index (χ1) is 11.7. The van der Waals surface area contributed by atoms with Crippen LogP contribution in [0.15, 0.2) is 48.5 Å². The molecule has 0 spiro atoms. The van der Waals surface area contributed by atoms with Crippen LogP contribution in [-0.4, -0.2) is 32.3 Å². The van der Waals surface area contributed by atoms with E-state index >= 15 is 0 Å². The summed E-state index contributed by atoms with van der Waals surface area (Å²) in [5.74, 6) is 0.623. The number of carbonyl (C=O) groups is 1. The maximum Gasteiger partial charge on any atom is 0.243 e. The van der Waals surface area contributed by atoms with Gasteiger partial charge >= 0.3 is 0 Å². The summed E-state index contributed by atoms with van der Waals surface area (Å²) >= 11 is 5.88. The number of halogens is 1. The van der Waals surface area contributed by atoms with Gasteiger partial charge in [-0.25, -0.2) is 0 Å². The fourth-order valence-electron chi connectivity index (χ4n) is 1.99. The maximum absolute atomic E-state index is 11.9. The number of rotatable bonds is 9. The summed E-state index contributed by atoms with van der Waals surface area (Å²) in [6, 6.07) is 14.5. The van der Waals surface area contributed by atoms with E-state index in [1.165, 1.54) is 0 Å². The lowest BCUT2D eigenvalue weighted by Gasteiger charge is -2.10. The molecule has 2 aromatic rings. The van der Waals surface area contributed by atoms with E-state index in [4.69, 9.17) is 21.1 Å². The van der Waals surface area contributed by atoms with E-state index in [-0.39, 0.29) is 12.5 Å². The van der Waals surface area contributed by atoms with Gasteiger partial charge in [-0.05, 0) is 49.4 Å². The molecule has 0 atom stereocenters. The second-order valence-electron chi connectivity index (χ2n) is 4.98. The Morgan fingerprint density at radius 3 is 2.58 bits per heavy atom. The molecule has 5 nitrogen and oxygen atoms in total. The third-order valence-electron chi connectivity index (χ3n) is 3.12. The molecule has 0 bridgehead atoms. The Morgan fingerprint density at radius 1 is 1.08 bits per heavy atom. The van der Waals surface area contributed by atoms with Crippen molar-refractivity contribution >= 4 is 28.9 Å². The first kappa shape index (κ1) is 18.1. The van der Waals surface area contributed by atoms with Crippen molar-refractivity contribution in [1.29, 1.82) is 0 Å². The molecule has 2 N–H and O–H groups in total. The van der Waals surface area contributed by atoms with Crippen molar-refractivity contribution in [3.05, 3.63) is 53.6 Å². The minimum atomic E-state index is -0.144. The molecule has 0 saturated heterocycles. The quantitative estimate of drug-likeness (QED) is 0.677. The third kappa shape index (κ3) is 6.48. The van der Waals surface area contributed by atoms with Crippen molar-refractivity contribution in [2.45, 2.75) is 6.92 Å². The number of amides is 1. The van der Waals surface area contributed by atoms with Crippen LogP contribution in [0, 0.1) is 0 Å². The molecule has 6 heteroatoms. The van der Waals surface area contributed by atoms with Crippen LogP contribution in [0.25, 0.3) is 0 Å². The Morgan fingerprint density at radius 2 is 1.88 bits per heavy atom. The molecule has 128 valence electrons. The van der Waals surface area contributed by atoms with E-state index in [0.717, 1.165) is 11.4 Å².